The highest BCUT2D eigenvalue weighted by Crippen LogP contribution is 2.33. The van der Waals surface area contributed by atoms with Crippen LogP contribution in [0.2, 0.25) is 0 Å². The third-order valence-corrected chi connectivity index (χ3v) is 4.31. The molecule has 0 saturated heterocycles. The van der Waals surface area contributed by atoms with Crippen LogP contribution in [0.3, 0.4) is 0 Å². The molecule has 0 fully saturated rings. The highest BCUT2D eigenvalue weighted by Gasteiger charge is 2.42. The van der Waals surface area contributed by atoms with E-state index in [1.54, 1.807) is 0 Å². The average Bonchev–Trinajstić information content (AvgIpc) is 3.13. The minimum atomic E-state index is -5.25. The fourth-order valence-electron chi connectivity index (χ4n) is 2.57. The quantitative estimate of drug-likeness (QED) is 0.390. The zero-order chi connectivity index (χ0) is 24.6. The Balaban J connectivity index is 1.85. The molecule has 176 valence electrons. The van der Waals surface area contributed by atoms with E-state index < -0.39 is 69.3 Å². The lowest BCUT2D eigenvalue weighted by atomic mass is 10.1. The largest absolute Gasteiger partial charge is 0.489 e. The number of carboxylic acids is 1. The second-order valence-corrected chi connectivity index (χ2v) is 7.08. The van der Waals surface area contributed by atoms with Gasteiger partial charge in [0.05, 0.1) is 11.3 Å². The van der Waals surface area contributed by atoms with Gasteiger partial charge in [-0.15, -0.1) is 5.10 Å². The standard InChI is InChI=1S/C17H9F6N3O6S/c18-12-5-8(26-15(17(20,21)22)14(16(27)28)24-25-26)6-13(19)11(12)7-31-9-1-3-10(4-2-9)32-33(23,29)30/h1-6H,7H2,(H,27,28). The summed E-state index contributed by atoms with van der Waals surface area (Å²) in [5, 5.41) is 14.8. The maximum absolute atomic E-state index is 14.4. The summed E-state index contributed by atoms with van der Waals surface area (Å²) in [7, 11) is -5.25. The molecule has 0 spiro atoms. The molecule has 0 aliphatic heterocycles. The minimum Gasteiger partial charge on any atom is -0.489 e. The monoisotopic (exact) mass is 497 g/mol. The van der Waals surface area contributed by atoms with Gasteiger partial charge < -0.3 is 14.0 Å². The summed E-state index contributed by atoms with van der Waals surface area (Å²) in [6.07, 6.45) is -5.25. The molecule has 1 heterocycles. The van der Waals surface area contributed by atoms with Gasteiger partial charge >= 0.3 is 22.6 Å². The lowest BCUT2D eigenvalue weighted by molar-refractivity contribution is -0.143. The van der Waals surface area contributed by atoms with Gasteiger partial charge in [-0.1, -0.05) is 9.10 Å². The molecule has 33 heavy (non-hydrogen) atoms. The van der Waals surface area contributed by atoms with Crippen molar-refractivity contribution < 1.29 is 53.1 Å². The number of aromatic carboxylic acids is 1. The fourth-order valence-corrected chi connectivity index (χ4v) is 2.91. The van der Waals surface area contributed by atoms with Crippen molar-refractivity contribution in [1.82, 2.24) is 15.0 Å². The smallest absolute Gasteiger partial charge is 0.488 e. The number of rotatable bonds is 7. The lowest BCUT2D eigenvalue weighted by Gasteiger charge is -2.13. The number of aromatic nitrogens is 3. The summed E-state index contributed by atoms with van der Waals surface area (Å²) in [6.45, 7) is -0.747. The van der Waals surface area contributed by atoms with E-state index >= 15 is 0 Å². The summed E-state index contributed by atoms with van der Waals surface area (Å²) in [4.78, 5) is 11.0. The number of halogens is 6. The Bertz CT molecular complexity index is 1280. The van der Waals surface area contributed by atoms with Crippen molar-refractivity contribution >= 4 is 16.5 Å². The molecule has 0 bridgehead atoms. The van der Waals surface area contributed by atoms with Gasteiger partial charge in [0.2, 0.25) is 5.69 Å². The van der Waals surface area contributed by atoms with Crippen LogP contribution in [0.5, 0.6) is 11.5 Å². The number of ether oxygens (including phenoxy) is 1. The van der Waals surface area contributed by atoms with Crippen LogP contribution in [0.25, 0.3) is 5.69 Å². The summed E-state index contributed by atoms with van der Waals surface area (Å²) in [5.74, 6) is -5.16. The van der Waals surface area contributed by atoms with Gasteiger partial charge in [-0.2, -0.15) is 21.6 Å². The molecule has 9 nitrogen and oxygen atoms in total. The van der Waals surface area contributed by atoms with E-state index in [-0.39, 0.29) is 10.4 Å². The maximum Gasteiger partial charge on any atom is 0.488 e. The summed E-state index contributed by atoms with van der Waals surface area (Å²) in [5.41, 5.74) is -4.77. The number of benzene rings is 2. The molecule has 0 aliphatic rings. The van der Waals surface area contributed by atoms with Crippen LogP contribution in [0, 0.1) is 11.6 Å². The van der Waals surface area contributed by atoms with E-state index in [1.807, 2.05) is 0 Å². The summed E-state index contributed by atoms with van der Waals surface area (Å²) < 4.78 is 111. The number of hydrogen-bond acceptors (Lipinski definition) is 7. The van der Waals surface area contributed by atoms with Crippen molar-refractivity contribution in [2.24, 2.45) is 0 Å². The molecular formula is C17H9F6N3O6S. The first-order chi connectivity index (χ1) is 15.3. The van der Waals surface area contributed by atoms with Crippen LogP contribution in [-0.2, 0) is 23.3 Å². The van der Waals surface area contributed by atoms with Crippen molar-refractivity contribution in [2.75, 3.05) is 0 Å². The van der Waals surface area contributed by atoms with E-state index in [4.69, 9.17) is 9.84 Å². The first-order valence-corrected chi connectivity index (χ1v) is 9.68. The number of alkyl halides is 3. The summed E-state index contributed by atoms with van der Waals surface area (Å²) in [6, 6.07) is 5.13. The van der Waals surface area contributed by atoms with Gasteiger partial charge in [0, 0.05) is 12.1 Å². The zero-order valence-electron chi connectivity index (χ0n) is 15.7. The van der Waals surface area contributed by atoms with Crippen LogP contribution < -0.4 is 8.92 Å². The molecule has 1 N–H and O–H groups in total. The Morgan fingerprint density at radius 2 is 1.61 bits per heavy atom. The molecule has 0 amide bonds. The normalized spacial score (nSPS) is 11.9. The first kappa shape index (κ1) is 23.8. The van der Waals surface area contributed by atoms with Crippen LogP contribution in [0.1, 0.15) is 21.7 Å². The number of hydrogen-bond donors (Lipinski definition) is 1. The maximum atomic E-state index is 14.4. The van der Waals surface area contributed by atoms with E-state index in [0.29, 0.717) is 12.1 Å². The lowest BCUT2D eigenvalue weighted by Crippen LogP contribution is -2.18. The molecule has 2 aromatic carbocycles. The predicted octanol–water partition coefficient (Wildman–Crippen LogP) is 3.43. The van der Waals surface area contributed by atoms with Gasteiger partial charge in [-0.25, -0.2) is 18.3 Å². The van der Waals surface area contributed by atoms with Crippen LogP contribution in [0.15, 0.2) is 36.4 Å². The molecular weight excluding hydrogens is 488 g/mol. The van der Waals surface area contributed by atoms with Crippen molar-refractivity contribution in [2.45, 2.75) is 12.8 Å². The third-order valence-electron chi connectivity index (χ3n) is 3.91. The topological polar surface area (TPSA) is 121 Å². The number of nitrogens with zero attached hydrogens (tertiary/aromatic N) is 3. The van der Waals surface area contributed by atoms with Crippen molar-refractivity contribution in [3.8, 4) is 17.2 Å². The van der Waals surface area contributed by atoms with E-state index in [1.165, 1.54) is 0 Å². The fraction of sp³-hybridized carbons (Fsp3) is 0.118. The molecule has 0 saturated carbocycles. The average molecular weight is 497 g/mol. The van der Waals surface area contributed by atoms with Gasteiger partial charge in [-0.3, -0.25) is 0 Å². The molecule has 16 heteroatoms. The third kappa shape index (κ3) is 5.51. The Labute approximate surface area is 180 Å². The van der Waals surface area contributed by atoms with Crippen molar-refractivity contribution in [3.05, 3.63) is 65.0 Å². The Morgan fingerprint density at radius 3 is 2.09 bits per heavy atom. The first-order valence-electron chi connectivity index (χ1n) is 8.37. The Kier molecular flexibility index (Phi) is 6.22. The molecule has 0 aliphatic carbocycles. The van der Waals surface area contributed by atoms with E-state index in [2.05, 4.69) is 14.5 Å². The second kappa shape index (κ2) is 8.61. The number of carbonyl (C=O) groups is 1. The van der Waals surface area contributed by atoms with Crippen molar-refractivity contribution in [3.63, 3.8) is 0 Å². The Hall–Kier alpha value is -3.82. The molecule has 1 aromatic heterocycles. The van der Waals surface area contributed by atoms with Crippen LogP contribution >= 0.6 is 0 Å². The zero-order valence-corrected chi connectivity index (χ0v) is 16.5. The highest BCUT2D eigenvalue weighted by atomic mass is 32.3. The minimum absolute atomic E-state index is 0.0387. The Morgan fingerprint density at radius 1 is 1.06 bits per heavy atom. The van der Waals surface area contributed by atoms with E-state index in [0.717, 1.165) is 24.3 Å². The van der Waals surface area contributed by atoms with Crippen molar-refractivity contribution in [1.29, 1.82) is 0 Å². The van der Waals surface area contributed by atoms with E-state index in [9.17, 15) is 39.1 Å². The van der Waals surface area contributed by atoms with Gasteiger partial charge in [0.1, 0.15) is 29.7 Å². The molecule has 0 atom stereocenters. The molecule has 3 rings (SSSR count). The highest BCUT2D eigenvalue weighted by molar-refractivity contribution is 7.81. The molecule has 0 unspecified atom stereocenters. The number of carboxylic acid groups (broad SMARTS) is 1. The van der Waals surface area contributed by atoms with Crippen LogP contribution in [0.4, 0.5) is 25.8 Å². The molecule has 3 aromatic rings. The predicted molar refractivity (Wildman–Crippen MR) is 94.7 cm³/mol. The van der Waals surface area contributed by atoms with Gasteiger partial charge in [0.25, 0.3) is 0 Å². The van der Waals surface area contributed by atoms with Crippen LogP contribution in [-0.4, -0.2) is 34.5 Å². The molecule has 0 radical (unpaired) electrons. The van der Waals surface area contributed by atoms with Gasteiger partial charge in [0.15, 0.2) is 5.69 Å². The SMILES string of the molecule is O=C(O)c1nnn(-c2cc(F)c(COc3ccc(OS(=O)(=O)F)cc3)c(F)c2)c1C(F)(F)F. The summed E-state index contributed by atoms with van der Waals surface area (Å²) >= 11 is 0. The van der Waals surface area contributed by atoms with Gasteiger partial charge in [-0.05, 0) is 24.3 Å². The second-order valence-electron chi connectivity index (χ2n) is 6.13.